The van der Waals surface area contributed by atoms with Crippen molar-refractivity contribution in [2.75, 3.05) is 13.7 Å². The van der Waals surface area contributed by atoms with Gasteiger partial charge in [0.1, 0.15) is 5.75 Å². The molecule has 0 aliphatic heterocycles. The maximum Gasteiger partial charge on any atom is 0.327 e. The summed E-state index contributed by atoms with van der Waals surface area (Å²) < 4.78 is 19.6. The third-order valence-corrected chi connectivity index (χ3v) is 3.69. The van der Waals surface area contributed by atoms with Gasteiger partial charge in [0.05, 0.1) is 13.7 Å². The van der Waals surface area contributed by atoms with Crippen LogP contribution in [0.5, 0.6) is 5.75 Å². The molecule has 1 aromatic carbocycles. The Balaban J connectivity index is 0.000000425. The molecule has 0 amide bonds. The highest BCUT2D eigenvalue weighted by Gasteiger charge is 1.91. The van der Waals surface area contributed by atoms with E-state index in [4.69, 9.17) is 9.26 Å². The second-order valence-corrected chi connectivity index (χ2v) is 5.81. The van der Waals surface area contributed by atoms with Crippen LogP contribution in [0, 0.1) is 6.92 Å². The largest absolute Gasteiger partial charge is 0.497 e. The van der Waals surface area contributed by atoms with Gasteiger partial charge in [0, 0.05) is 0 Å². The molecule has 0 radical (unpaired) electrons. The Morgan fingerprint density at radius 3 is 1.95 bits per heavy atom. The highest BCUT2D eigenvalue weighted by atomic mass is 31.1. The molecular weight excluding hydrogens is 295 g/mol. The fraction of sp³-hybridized carbons (Fsp3) is 0.667. The van der Waals surface area contributed by atoms with Crippen LogP contribution >= 0.6 is 8.69 Å². The Bertz CT molecular complexity index is 352. The number of hydrogen-bond acceptors (Lipinski definition) is 3. The molecule has 0 saturated heterocycles. The topological polar surface area (TPSA) is 35.5 Å². The van der Waals surface area contributed by atoms with Gasteiger partial charge in [0.2, 0.25) is 0 Å². The average Bonchev–Trinajstić information content (AvgIpc) is 2.55. The standard InChI is InChI=1S/C10H21O2P.C8H10O/c1-2-3-4-5-6-7-8-9-10-12-13-11;1-7-3-5-8(9-2)6-4-7/h2-10H2,1H3;3-6H,1-2H3. The molecule has 0 aromatic heterocycles. The van der Waals surface area contributed by atoms with Gasteiger partial charge in [-0.3, -0.25) is 4.52 Å². The molecule has 0 bridgehead atoms. The molecule has 0 fully saturated rings. The van der Waals surface area contributed by atoms with Crippen LogP contribution in [0.3, 0.4) is 0 Å². The number of aryl methyl sites for hydroxylation is 1. The minimum absolute atomic E-state index is 0.177. The number of methoxy groups -OCH3 is 1. The van der Waals surface area contributed by atoms with Crippen molar-refractivity contribution in [2.45, 2.75) is 65.2 Å². The van der Waals surface area contributed by atoms with E-state index in [2.05, 4.69) is 13.8 Å². The van der Waals surface area contributed by atoms with E-state index < -0.39 is 0 Å². The predicted octanol–water partition coefficient (Wildman–Crippen LogP) is 6.35. The zero-order chi connectivity index (χ0) is 16.5. The molecule has 4 heteroatoms. The SMILES string of the molecule is CCCCCCCCCCOP=O.COc1ccc(C)cc1. The van der Waals surface area contributed by atoms with Gasteiger partial charge in [0.15, 0.2) is 0 Å². The van der Waals surface area contributed by atoms with Crippen molar-refractivity contribution in [3.63, 3.8) is 0 Å². The van der Waals surface area contributed by atoms with Crippen LogP contribution in [0.1, 0.15) is 63.9 Å². The summed E-state index contributed by atoms with van der Waals surface area (Å²) in [4.78, 5) is 0. The van der Waals surface area contributed by atoms with Crippen LogP contribution in [0.2, 0.25) is 0 Å². The molecule has 0 aliphatic carbocycles. The lowest BCUT2D eigenvalue weighted by Gasteiger charge is -1.99. The highest BCUT2D eigenvalue weighted by Crippen LogP contribution is 2.10. The Morgan fingerprint density at radius 1 is 0.909 bits per heavy atom. The number of ether oxygens (including phenoxy) is 1. The Kier molecular flexibility index (Phi) is 15.8. The molecule has 0 unspecified atom stereocenters. The molecule has 0 N–H and O–H groups in total. The van der Waals surface area contributed by atoms with Crippen LogP contribution in [0.25, 0.3) is 0 Å². The van der Waals surface area contributed by atoms with Crippen LogP contribution in [0.4, 0.5) is 0 Å². The van der Waals surface area contributed by atoms with Gasteiger partial charge < -0.3 is 4.74 Å². The third-order valence-electron chi connectivity index (χ3n) is 3.40. The van der Waals surface area contributed by atoms with E-state index in [0.717, 1.165) is 12.2 Å². The van der Waals surface area contributed by atoms with Crippen LogP contribution < -0.4 is 4.74 Å². The molecule has 126 valence electrons. The Morgan fingerprint density at radius 2 is 1.45 bits per heavy atom. The van der Waals surface area contributed by atoms with Crippen molar-refractivity contribution in [2.24, 2.45) is 0 Å². The van der Waals surface area contributed by atoms with E-state index >= 15 is 0 Å². The molecule has 22 heavy (non-hydrogen) atoms. The molecular formula is C18H31O3P. The van der Waals surface area contributed by atoms with E-state index in [1.54, 1.807) is 7.11 Å². The minimum atomic E-state index is -0.177. The van der Waals surface area contributed by atoms with Gasteiger partial charge in [-0.1, -0.05) is 69.6 Å². The second kappa shape index (κ2) is 16.5. The summed E-state index contributed by atoms with van der Waals surface area (Å²) in [5, 5.41) is 0. The molecule has 0 saturated carbocycles. The first-order chi connectivity index (χ1) is 10.7. The third kappa shape index (κ3) is 14.0. The maximum atomic E-state index is 9.89. The van der Waals surface area contributed by atoms with Crippen molar-refractivity contribution in [3.8, 4) is 5.75 Å². The quantitative estimate of drug-likeness (QED) is 0.351. The first kappa shape index (κ1) is 21.1. The van der Waals surface area contributed by atoms with Crippen LogP contribution in [-0.2, 0) is 9.09 Å². The van der Waals surface area contributed by atoms with Crippen molar-refractivity contribution in [1.29, 1.82) is 0 Å². The summed E-state index contributed by atoms with van der Waals surface area (Å²) in [6.45, 7) is 4.93. The van der Waals surface area contributed by atoms with Crippen molar-refractivity contribution < 1.29 is 13.8 Å². The van der Waals surface area contributed by atoms with Crippen LogP contribution in [-0.4, -0.2) is 13.7 Å². The number of unbranched alkanes of at least 4 members (excludes halogenated alkanes) is 7. The molecule has 1 rings (SSSR count). The molecule has 0 atom stereocenters. The fourth-order valence-corrected chi connectivity index (χ4v) is 2.22. The number of hydrogen-bond donors (Lipinski definition) is 0. The van der Waals surface area contributed by atoms with Crippen molar-refractivity contribution >= 4 is 8.69 Å². The zero-order valence-electron chi connectivity index (χ0n) is 14.3. The fourth-order valence-electron chi connectivity index (χ4n) is 2.01. The Labute approximate surface area is 137 Å². The normalized spacial score (nSPS) is 10.1. The van der Waals surface area contributed by atoms with Crippen LogP contribution in [0.15, 0.2) is 24.3 Å². The first-order valence-corrected chi connectivity index (χ1v) is 9.02. The monoisotopic (exact) mass is 326 g/mol. The number of rotatable bonds is 11. The first-order valence-electron chi connectivity index (χ1n) is 8.29. The smallest absolute Gasteiger partial charge is 0.327 e. The molecule has 1 aromatic rings. The van der Waals surface area contributed by atoms with Gasteiger partial charge in [-0.15, -0.1) is 0 Å². The highest BCUT2D eigenvalue weighted by molar-refractivity contribution is 7.17. The molecule has 0 heterocycles. The van der Waals surface area contributed by atoms with Crippen molar-refractivity contribution in [3.05, 3.63) is 29.8 Å². The summed E-state index contributed by atoms with van der Waals surface area (Å²) in [6, 6.07) is 7.96. The maximum absolute atomic E-state index is 9.89. The van der Waals surface area contributed by atoms with Gasteiger partial charge in [-0.2, -0.15) is 0 Å². The zero-order valence-corrected chi connectivity index (χ0v) is 15.2. The Hall–Kier alpha value is -0.920. The summed E-state index contributed by atoms with van der Waals surface area (Å²) in [5.41, 5.74) is 1.26. The number of benzene rings is 1. The van der Waals surface area contributed by atoms with Gasteiger partial charge in [-0.05, 0) is 25.5 Å². The molecule has 3 nitrogen and oxygen atoms in total. The van der Waals surface area contributed by atoms with E-state index in [1.807, 2.05) is 24.3 Å². The minimum Gasteiger partial charge on any atom is -0.497 e. The molecule has 0 aliphatic rings. The van der Waals surface area contributed by atoms with E-state index in [-0.39, 0.29) is 8.69 Å². The predicted molar refractivity (Wildman–Crippen MR) is 93.9 cm³/mol. The van der Waals surface area contributed by atoms with E-state index in [1.165, 1.54) is 50.5 Å². The van der Waals surface area contributed by atoms with Gasteiger partial charge in [-0.25, -0.2) is 4.57 Å². The van der Waals surface area contributed by atoms with Crippen molar-refractivity contribution in [1.82, 2.24) is 0 Å². The summed E-state index contributed by atoms with van der Waals surface area (Å²) >= 11 is 0. The van der Waals surface area contributed by atoms with Gasteiger partial charge >= 0.3 is 8.69 Å². The second-order valence-electron chi connectivity index (χ2n) is 5.40. The summed E-state index contributed by atoms with van der Waals surface area (Å²) in [5.74, 6) is 0.917. The van der Waals surface area contributed by atoms with E-state index in [9.17, 15) is 4.57 Å². The summed E-state index contributed by atoms with van der Waals surface area (Å²) in [6.07, 6.45) is 10.3. The summed E-state index contributed by atoms with van der Waals surface area (Å²) in [7, 11) is 1.49. The lowest BCUT2D eigenvalue weighted by molar-refractivity contribution is 0.328. The van der Waals surface area contributed by atoms with E-state index in [0.29, 0.717) is 6.61 Å². The van der Waals surface area contributed by atoms with Gasteiger partial charge in [0.25, 0.3) is 0 Å². The lowest BCUT2D eigenvalue weighted by atomic mass is 10.1. The lowest BCUT2D eigenvalue weighted by Crippen LogP contribution is -1.85. The average molecular weight is 326 g/mol. The molecule has 0 spiro atoms.